The Morgan fingerprint density at radius 1 is 1.21 bits per heavy atom. The average Bonchev–Trinajstić information content (AvgIpc) is 3.24. The highest BCUT2D eigenvalue weighted by Gasteiger charge is 2.56. The van der Waals surface area contributed by atoms with Gasteiger partial charge in [-0.15, -0.1) is 0 Å². The first-order chi connectivity index (χ1) is 15.9. The van der Waals surface area contributed by atoms with E-state index in [1.807, 2.05) is 0 Å². The Kier molecular flexibility index (Phi) is 5.74. The van der Waals surface area contributed by atoms with Crippen molar-refractivity contribution in [2.45, 2.75) is 44.1 Å². The van der Waals surface area contributed by atoms with E-state index >= 15 is 0 Å². The number of nitrogen functional groups attached to an aromatic ring is 1. The second-order valence-corrected chi connectivity index (χ2v) is 8.51. The number of nitrogens with one attached hydrogen (secondary N) is 1. The van der Waals surface area contributed by atoms with Crippen LogP contribution in [-0.4, -0.2) is 46.4 Å². The number of anilines is 1. The normalized spacial score (nSPS) is 20.4. The molecule has 34 heavy (non-hydrogen) atoms. The molecular formula is C23H22F4N4O3. The smallest absolute Gasteiger partial charge is 0.399 e. The van der Waals surface area contributed by atoms with Crippen molar-refractivity contribution in [3.8, 4) is 0 Å². The van der Waals surface area contributed by atoms with Crippen molar-refractivity contribution < 1.29 is 31.9 Å². The number of amides is 4. The standard InChI is InChI=1S/C23H22F4N4O3/c1-13(23(25,26)27)30(11-14-2-4-16(24)5-3-14)19(32)12-31-20(33)22(29-21(31)34)9-8-15-10-17(28)6-7-18(15)22/h2-7,10,13H,8-9,11-12,28H2,1H3,(H,29,34)/t13-,22-/m0/s1. The van der Waals surface area contributed by atoms with E-state index in [1.165, 1.54) is 12.1 Å². The minimum absolute atomic E-state index is 0.249. The molecule has 2 aromatic carbocycles. The summed E-state index contributed by atoms with van der Waals surface area (Å²) in [5, 5.41) is 2.63. The summed E-state index contributed by atoms with van der Waals surface area (Å²) in [6, 6.07) is 6.54. The highest BCUT2D eigenvalue weighted by atomic mass is 19.4. The fourth-order valence-electron chi connectivity index (χ4n) is 4.45. The van der Waals surface area contributed by atoms with Crippen LogP contribution in [0.15, 0.2) is 42.5 Å². The molecule has 1 aliphatic heterocycles. The third kappa shape index (κ3) is 4.06. The predicted molar refractivity (Wildman–Crippen MR) is 114 cm³/mol. The van der Waals surface area contributed by atoms with Gasteiger partial charge >= 0.3 is 12.2 Å². The summed E-state index contributed by atoms with van der Waals surface area (Å²) in [7, 11) is 0. The summed E-state index contributed by atoms with van der Waals surface area (Å²) in [6.07, 6.45) is -4.03. The Hall–Kier alpha value is -3.63. The Labute approximate surface area is 192 Å². The summed E-state index contributed by atoms with van der Waals surface area (Å²) < 4.78 is 53.7. The molecule has 0 unspecified atom stereocenters. The summed E-state index contributed by atoms with van der Waals surface area (Å²) in [5.74, 6) is -2.34. The largest absolute Gasteiger partial charge is 0.408 e. The number of hydrogen-bond acceptors (Lipinski definition) is 4. The molecule has 1 aliphatic carbocycles. The topological polar surface area (TPSA) is 95.7 Å². The molecule has 0 bridgehead atoms. The number of aryl methyl sites for hydroxylation is 1. The summed E-state index contributed by atoms with van der Waals surface area (Å²) >= 11 is 0. The predicted octanol–water partition coefficient (Wildman–Crippen LogP) is 3.08. The molecule has 1 saturated heterocycles. The maximum absolute atomic E-state index is 13.5. The van der Waals surface area contributed by atoms with Gasteiger partial charge in [-0.05, 0) is 60.7 Å². The van der Waals surface area contributed by atoms with Gasteiger partial charge in [0.2, 0.25) is 5.91 Å². The molecule has 2 aliphatic rings. The first-order valence-electron chi connectivity index (χ1n) is 10.6. The van der Waals surface area contributed by atoms with Crippen LogP contribution in [0.25, 0.3) is 0 Å². The fourth-order valence-corrected chi connectivity index (χ4v) is 4.45. The van der Waals surface area contributed by atoms with Gasteiger partial charge < -0.3 is 16.0 Å². The summed E-state index contributed by atoms with van der Waals surface area (Å²) in [4.78, 5) is 40.1. The minimum Gasteiger partial charge on any atom is -0.399 e. The number of fused-ring (bicyclic) bond motifs is 2. The van der Waals surface area contributed by atoms with Gasteiger partial charge in [0.05, 0.1) is 0 Å². The Morgan fingerprint density at radius 3 is 2.53 bits per heavy atom. The van der Waals surface area contributed by atoms with Crippen LogP contribution in [0.2, 0.25) is 0 Å². The Bertz CT molecular complexity index is 1150. The van der Waals surface area contributed by atoms with Crippen LogP contribution in [-0.2, 0) is 28.1 Å². The first-order valence-corrected chi connectivity index (χ1v) is 10.6. The zero-order valence-electron chi connectivity index (χ0n) is 18.2. The van der Waals surface area contributed by atoms with E-state index in [4.69, 9.17) is 5.73 Å². The number of urea groups is 1. The van der Waals surface area contributed by atoms with Crippen LogP contribution in [0.3, 0.4) is 0 Å². The lowest BCUT2D eigenvalue weighted by Gasteiger charge is -2.32. The summed E-state index contributed by atoms with van der Waals surface area (Å²) in [5.41, 5.74) is 6.52. The van der Waals surface area contributed by atoms with Crippen LogP contribution >= 0.6 is 0 Å². The number of hydrogen-bond donors (Lipinski definition) is 2. The fraction of sp³-hybridized carbons (Fsp3) is 0.348. The number of carbonyl (C=O) groups is 3. The van der Waals surface area contributed by atoms with E-state index in [2.05, 4.69) is 5.32 Å². The van der Waals surface area contributed by atoms with Crippen molar-refractivity contribution in [2.24, 2.45) is 0 Å². The van der Waals surface area contributed by atoms with Gasteiger partial charge in [-0.2, -0.15) is 13.2 Å². The molecule has 0 radical (unpaired) electrons. The number of alkyl halides is 3. The zero-order valence-corrected chi connectivity index (χ0v) is 18.2. The van der Waals surface area contributed by atoms with Gasteiger partial charge in [0, 0.05) is 12.2 Å². The van der Waals surface area contributed by atoms with Crippen LogP contribution < -0.4 is 11.1 Å². The van der Waals surface area contributed by atoms with Crippen LogP contribution in [0.1, 0.15) is 30.0 Å². The molecule has 0 saturated carbocycles. The van der Waals surface area contributed by atoms with Gasteiger partial charge in [-0.1, -0.05) is 18.2 Å². The molecule has 11 heteroatoms. The van der Waals surface area contributed by atoms with Gasteiger partial charge in [0.15, 0.2) is 0 Å². The molecule has 1 heterocycles. The van der Waals surface area contributed by atoms with Crippen LogP contribution in [0.5, 0.6) is 0 Å². The Morgan fingerprint density at radius 2 is 1.88 bits per heavy atom. The molecule has 3 N–H and O–H groups in total. The molecule has 1 spiro atoms. The van der Waals surface area contributed by atoms with E-state index in [0.29, 0.717) is 27.5 Å². The molecule has 4 rings (SSSR count). The van der Waals surface area contributed by atoms with Crippen molar-refractivity contribution in [1.29, 1.82) is 0 Å². The minimum atomic E-state index is -4.75. The lowest BCUT2D eigenvalue weighted by Crippen LogP contribution is -2.51. The number of halogens is 4. The number of rotatable bonds is 5. The average molecular weight is 478 g/mol. The third-order valence-corrected chi connectivity index (χ3v) is 6.36. The van der Waals surface area contributed by atoms with Crippen molar-refractivity contribution in [3.05, 3.63) is 65.0 Å². The zero-order chi connectivity index (χ0) is 24.8. The highest BCUT2D eigenvalue weighted by Crippen LogP contribution is 2.42. The van der Waals surface area contributed by atoms with E-state index in [1.54, 1.807) is 18.2 Å². The number of nitrogens with zero attached hydrogens (tertiary/aromatic N) is 2. The second kappa shape index (κ2) is 8.30. The van der Waals surface area contributed by atoms with Crippen molar-refractivity contribution in [2.75, 3.05) is 12.3 Å². The lowest BCUT2D eigenvalue weighted by atomic mass is 9.91. The Balaban J connectivity index is 1.58. The maximum atomic E-state index is 13.5. The third-order valence-electron chi connectivity index (χ3n) is 6.36. The van der Waals surface area contributed by atoms with Gasteiger partial charge in [0.1, 0.15) is 23.9 Å². The maximum Gasteiger partial charge on any atom is 0.408 e. The molecule has 1 fully saturated rings. The van der Waals surface area contributed by atoms with Crippen molar-refractivity contribution in [3.63, 3.8) is 0 Å². The highest BCUT2D eigenvalue weighted by molar-refractivity contribution is 6.10. The van der Waals surface area contributed by atoms with Crippen molar-refractivity contribution in [1.82, 2.24) is 15.1 Å². The van der Waals surface area contributed by atoms with E-state index in [-0.39, 0.29) is 12.0 Å². The molecule has 7 nitrogen and oxygen atoms in total. The molecular weight excluding hydrogens is 456 g/mol. The number of benzene rings is 2. The van der Waals surface area contributed by atoms with Gasteiger partial charge in [-0.3, -0.25) is 14.5 Å². The molecule has 0 aromatic heterocycles. The monoisotopic (exact) mass is 478 g/mol. The number of imide groups is 1. The molecule has 4 amide bonds. The number of carbonyl (C=O) groups excluding carboxylic acids is 3. The second-order valence-electron chi connectivity index (χ2n) is 8.51. The van der Waals surface area contributed by atoms with Gasteiger partial charge in [-0.25, -0.2) is 9.18 Å². The lowest BCUT2D eigenvalue weighted by molar-refractivity contribution is -0.187. The molecule has 2 atom stereocenters. The summed E-state index contributed by atoms with van der Waals surface area (Å²) in [6.45, 7) is -0.526. The SMILES string of the molecule is C[C@H](N(Cc1ccc(F)cc1)C(=O)CN1C(=O)N[C@]2(CCc3cc(N)ccc32)C1=O)C(F)(F)F. The quantitative estimate of drug-likeness (QED) is 0.392. The van der Waals surface area contributed by atoms with E-state index < -0.39 is 54.5 Å². The first kappa shape index (κ1) is 23.5. The van der Waals surface area contributed by atoms with Crippen LogP contribution in [0.4, 0.5) is 28.0 Å². The van der Waals surface area contributed by atoms with E-state index in [9.17, 15) is 31.9 Å². The molecule has 2 aromatic rings. The number of nitrogens with two attached hydrogens (primary N) is 1. The van der Waals surface area contributed by atoms with Crippen LogP contribution in [0, 0.1) is 5.82 Å². The van der Waals surface area contributed by atoms with Gasteiger partial charge in [0.25, 0.3) is 5.91 Å². The molecule has 180 valence electrons. The van der Waals surface area contributed by atoms with E-state index in [0.717, 1.165) is 24.6 Å². The van der Waals surface area contributed by atoms with Crippen molar-refractivity contribution >= 4 is 23.5 Å².